The highest BCUT2D eigenvalue weighted by atomic mass is 79.9. The summed E-state index contributed by atoms with van der Waals surface area (Å²) >= 11 is 3.27. The second-order valence-electron chi connectivity index (χ2n) is 6.26. The van der Waals surface area contributed by atoms with Gasteiger partial charge < -0.3 is 14.9 Å². The van der Waals surface area contributed by atoms with E-state index >= 15 is 0 Å². The number of phenols is 1. The van der Waals surface area contributed by atoms with Crippen LogP contribution >= 0.6 is 15.9 Å². The van der Waals surface area contributed by atoms with Crippen LogP contribution in [0, 0.1) is 5.92 Å². The minimum atomic E-state index is -0.165. The average Bonchev–Trinajstić information content (AvgIpc) is 3.08. The summed E-state index contributed by atoms with van der Waals surface area (Å²) < 4.78 is 0.737. The Balaban J connectivity index is 1.60. The van der Waals surface area contributed by atoms with Crippen LogP contribution in [0.25, 0.3) is 0 Å². The second-order valence-corrected chi connectivity index (χ2v) is 7.18. The zero-order valence-corrected chi connectivity index (χ0v) is 14.6. The van der Waals surface area contributed by atoms with Gasteiger partial charge in [0, 0.05) is 36.6 Å². The van der Waals surface area contributed by atoms with E-state index in [1.54, 1.807) is 17.0 Å². The van der Waals surface area contributed by atoms with Gasteiger partial charge in [0.2, 0.25) is 5.91 Å². The van der Waals surface area contributed by atoms with Crippen LogP contribution in [0.3, 0.4) is 0 Å². The summed E-state index contributed by atoms with van der Waals surface area (Å²) in [5, 5.41) is 9.94. The molecule has 0 radical (unpaired) electrons. The van der Waals surface area contributed by atoms with Gasteiger partial charge >= 0.3 is 0 Å². The van der Waals surface area contributed by atoms with Gasteiger partial charge in [0.25, 0.3) is 5.91 Å². The molecule has 124 valence electrons. The summed E-state index contributed by atoms with van der Waals surface area (Å²) in [7, 11) is 0. The number of rotatable bonds is 2. The third-order valence-corrected chi connectivity index (χ3v) is 5.23. The number of nitrogens with zero attached hydrogens (tertiary/aromatic N) is 2. The number of amides is 2. The Kier molecular flexibility index (Phi) is 4.90. The van der Waals surface area contributed by atoms with Crippen LogP contribution in [-0.4, -0.2) is 52.9 Å². The van der Waals surface area contributed by atoms with E-state index in [0.717, 1.165) is 30.4 Å². The molecule has 2 saturated heterocycles. The van der Waals surface area contributed by atoms with Gasteiger partial charge in [0.15, 0.2) is 0 Å². The molecule has 0 bridgehead atoms. The van der Waals surface area contributed by atoms with Crippen molar-refractivity contribution in [3.8, 4) is 5.75 Å². The molecular weight excluding hydrogens is 360 g/mol. The van der Waals surface area contributed by atoms with Crippen molar-refractivity contribution < 1.29 is 14.7 Å². The van der Waals surface area contributed by atoms with Crippen molar-refractivity contribution in [1.82, 2.24) is 9.80 Å². The van der Waals surface area contributed by atoms with Crippen LogP contribution in [-0.2, 0) is 4.79 Å². The number of hydrogen-bond donors (Lipinski definition) is 1. The zero-order valence-electron chi connectivity index (χ0n) is 13.0. The lowest BCUT2D eigenvalue weighted by molar-refractivity contribution is -0.135. The molecule has 6 heteroatoms. The normalized spacial score (nSPS) is 19.2. The fourth-order valence-electron chi connectivity index (χ4n) is 3.38. The molecule has 2 amide bonds. The number of piperidine rings is 1. The van der Waals surface area contributed by atoms with Crippen molar-refractivity contribution in [2.75, 3.05) is 26.2 Å². The summed E-state index contributed by atoms with van der Waals surface area (Å²) in [4.78, 5) is 28.6. The smallest absolute Gasteiger partial charge is 0.257 e. The largest absolute Gasteiger partial charge is 0.507 e. The number of carbonyl (C=O) groups excluding carboxylic acids is 2. The van der Waals surface area contributed by atoms with E-state index in [1.165, 1.54) is 6.07 Å². The third-order valence-electron chi connectivity index (χ3n) is 4.74. The number of hydrogen-bond acceptors (Lipinski definition) is 3. The molecule has 0 aliphatic carbocycles. The molecule has 0 aromatic heterocycles. The molecule has 5 nitrogen and oxygen atoms in total. The summed E-state index contributed by atoms with van der Waals surface area (Å²) in [6.07, 6.45) is 3.62. The number of carbonyl (C=O) groups is 2. The molecule has 23 heavy (non-hydrogen) atoms. The summed E-state index contributed by atoms with van der Waals surface area (Å²) in [6, 6.07) is 4.90. The maximum Gasteiger partial charge on any atom is 0.257 e. The van der Waals surface area contributed by atoms with Gasteiger partial charge in [-0.2, -0.15) is 0 Å². The molecule has 1 N–H and O–H groups in total. The van der Waals surface area contributed by atoms with Crippen LogP contribution in [0.5, 0.6) is 5.75 Å². The van der Waals surface area contributed by atoms with Crippen LogP contribution < -0.4 is 0 Å². The lowest BCUT2D eigenvalue weighted by atomic mass is 9.95. The molecule has 2 aliphatic heterocycles. The van der Waals surface area contributed by atoms with Crippen molar-refractivity contribution in [3.05, 3.63) is 28.2 Å². The quantitative estimate of drug-likeness (QED) is 0.857. The number of phenolic OH excluding ortho intramolecular Hbond substituents is 1. The van der Waals surface area contributed by atoms with E-state index in [9.17, 15) is 14.7 Å². The first-order chi connectivity index (χ1) is 11.1. The molecule has 2 aliphatic rings. The van der Waals surface area contributed by atoms with E-state index in [2.05, 4.69) is 15.9 Å². The van der Waals surface area contributed by atoms with Crippen LogP contribution in [0.15, 0.2) is 22.7 Å². The van der Waals surface area contributed by atoms with E-state index in [1.807, 2.05) is 4.90 Å². The first kappa shape index (κ1) is 16.3. The molecule has 2 fully saturated rings. The second kappa shape index (κ2) is 6.91. The highest BCUT2D eigenvalue weighted by Crippen LogP contribution is 2.27. The highest BCUT2D eigenvalue weighted by molar-refractivity contribution is 9.10. The molecule has 2 heterocycles. The number of benzene rings is 1. The molecule has 0 saturated carbocycles. The highest BCUT2D eigenvalue weighted by Gasteiger charge is 2.31. The Morgan fingerprint density at radius 1 is 1.04 bits per heavy atom. The number of aromatic hydroxyl groups is 1. The first-order valence-electron chi connectivity index (χ1n) is 8.13. The molecule has 0 unspecified atom stereocenters. The van der Waals surface area contributed by atoms with Gasteiger partial charge in [-0.3, -0.25) is 9.59 Å². The summed E-state index contributed by atoms with van der Waals surface area (Å²) in [6.45, 7) is 2.90. The topological polar surface area (TPSA) is 60.9 Å². The SMILES string of the molecule is O=C(c1ccc(Br)cc1O)N1CCC(C(=O)N2CCCC2)CC1. The third kappa shape index (κ3) is 3.52. The van der Waals surface area contributed by atoms with E-state index in [-0.39, 0.29) is 23.5 Å². The average molecular weight is 381 g/mol. The molecular formula is C17H21BrN2O3. The van der Waals surface area contributed by atoms with Gasteiger partial charge in [-0.25, -0.2) is 0 Å². The van der Waals surface area contributed by atoms with Gasteiger partial charge in [-0.15, -0.1) is 0 Å². The fourth-order valence-corrected chi connectivity index (χ4v) is 3.73. The maximum atomic E-state index is 12.5. The monoisotopic (exact) mass is 380 g/mol. The summed E-state index contributed by atoms with van der Waals surface area (Å²) in [5.41, 5.74) is 0.317. The van der Waals surface area contributed by atoms with E-state index in [4.69, 9.17) is 0 Å². The molecule has 1 aromatic carbocycles. The lowest BCUT2D eigenvalue weighted by Crippen LogP contribution is -2.43. The zero-order chi connectivity index (χ0) is 16.4. The van der Waals surface area contributed by atoms with Crippen molar-refractivity contribution in [2.24, 2.45) is 5.92 Å². The number of halogens is 1. The van der Waals surface area contributed by atoms with E-state index < -0.39 is 0 Å². The molecule has 0 spiro atoms. The molecule has 1 aromatic rings. The predicted octanol–water partition coefficient (Wildman–Crippen LogP) is 2.63. The fraction of sp³-hybridized carbons (Fsp3) is 0.529. The minimum Gasteiger partial charge on any atom is -0.507 e. The van der Waals surface area contributed by atoms with Gasteiger partial charge in [0.05, 0.1) is 5.56 Å². The van der Waals surface area contributed by atoms with Crippen LogP contribution in [0.1, 0.15) is 36.0 Å². The standard InChI is InChI=1S/C17H21BrN2O3/c18-13-3-4-14(15(21)11-13)17(23)20-9-5-12(6-10-20)16(22)19-7-1-2-8-19/h3-4,11-12,21H,1-2,5-10H2. The van der Waals surface area contributed by atoms with Crippen molar-refractivity contribution in [3.63, 3.8) is 0 Å². The maximum absolute atomic E-state index is 12.5. The molecule has 3 rings (SSSR count). The predicted molar refractivity (Wildman–Crippen MR) is 90.2 cm³/mol. The Morgan fingerprint density at radius 2 is 1.70 bits per heavy atom. The molecule has 0 atom stereocenters. The Hall–Kier alpha value is -1.56. The van der Waals surface area contributed by atoms with E-state index in [0.29, 0.717) is 31.5 Å². The Bertz CT molecular complexity index is 606. The van der Waals surface area contributed by atoms with Crippen molar-refractivity contribution in [2.45, 2.75) is 25.7 Å². The lowest BCUT2D eigenvalue weighted by Gasteiger charge is -2.33. The Labute approximate surface area is 144 Å². The van der Waals surface area contributed by atoms with Crippen molar-refractivity contribution in [1.29, 1.82) is 0 Å². The van der Waals surface area contributed by atoms with Gasteiger partial charge in [0.1, 0.15) is 5.75 Å². The van der Waals surface area contributed by atoms with Crippen LogP contribution in [0.2, 0.25) is 0 Å². The minimum absolute atomic E-state index is 0.0142. The number of likely N-dealkylation sites (tertiary alicyclic amines) is 2. The van der Waals surface area contributed by atoms with Gasteiger partial charge in [-0.05, 0) is 43.9 Å². The van der Waals surface area contributed by atoms with Crippen molar-refractivity contribution >= 4 is 27.7 Å². The Morgan fingerprint density at radius 3 is 2.30 bits per heavy atom. The van der Waals surface area contributed by atoms with Gasteiger partial charge in [-0.1, -0.05) is 15.9 Å². The van der Waals surface area contributed by atoms with Crippen LogP contribution in [0.4, 0.5) is 0 Å². The first-order valence-corrected chi connectivity index (χ1v) is 8.92. The summed E-state index contributed by atoms with van der Waals surface area (Å²) in [5.74, 6) is 0.110.